The average molecular weight is 415 g/mol. The number of nitrogens with one attached hydrogen (secondary N) is 2. The molecule has 0 aromatic heterocycles. The summed E-state index contributed by atoms with van der Waals surface area (Å²) < 4.78 is 19.1. The Kier molecular flexibility index (Phi) is 5.04. The Morgan fingerprint density at radius 2 is 1.93 bits per heavy atom. The van der Waals surface area contributed by atoms with Gasteiger partial charge in [-0.05, 0) is 42.2 Å². The minimum absolute atomic E-state index is 0.00568. The van der Waals surface area contributed by atoms with Gasteiger partial charge in [-0.15, -0.1) is 0 Å². The van der Waals surface area contributed by atoms with E-state index in [-0.39, 0.29) is 16.7 Å². The third-order valence-electron chi connectivity index (χ3n) is 5.50. The number of methoxy groups -OCH3 is 1. The molecule has 0 spiro atoms. The fourth-order valence-electron chi connectivity index (χ4n) is 4.08. The zero-order chi connectivity index (χ0) is 20.7. The number of benzene rings is 2. The van der Waals surface area contributed by atoms with Crippen LogP contribution >= 0.6 is 11.6 Å². The molecule has 2 aromatic rings. The molecule has 7 heteroatoms. The Hall–Kier alpha value is -2.86. The summed E-state index contributed by atoms with van der Waals surface area (Å²) in [6.45, 7) is 1.85. The summed E-state index contributed by atoms with van der Waals surface area (Å²) in [4.78, 5) is 25.8. The first-order valence-electron chi connectivity index (χ1n) is 9.33. The van der Waals surface area contributed by atoms with Crippen LogP contribution in [0.25, 0.3) is 0 Å². The molecule has 0 unspecified atom stereocenters. The molecule has 0 saturated carbocycles. The smallest absolute Gasteiger partial charge is 0.316 e. The molecule has 0 saturated heterocycles. The predicted octanol–water partition coefficient (Wildman–Crippen LogP) is 4.71. The Balaban J connectivity index is 1.89. The molecule has 0 bridgehead atoms. The molecule has 1 aliphatic heterocycles. The molecule has 2 aliphatic rings. The topological polar surface area (TPSA) is 67.4 Å². The number of ketones is 1. The maximum atomic E-state index is 14.2. The quantitative estimate of drug-likeness (QED) is 0.550. The standard InChI is InChI=1S/C22H20ClFN2O3/c1-11-9-17-19(21(27)18(11)22(28)29-2)20(12-7-8-13(23)14(24)10-12)26-16-6-4-3-5-15(16)25-17/h3-8,10-11,18,20,25-26H,9H2,1-2H3/t11-,18+,20+/m0/s1. The van der Waals surface area contributed by atoms with Crippen LogP contribution in [-0.4, -0.2) is 18.9 Å². The Morgan fingerprint density at radius 1 is 1.21 bits per heavy atom. The van der Waals surface area contributed by atoms with E-state index >= 15 is 0 Å². The first kappa shape index (κ1) is 19.5. The maximum Gasteiger partial charge on any atom is 0.316 e. The van der Waals surface area contributed by atoms with E-state index in [9.17, 15) is 14.0 Å². The highest BCUT2D eigenvalue weighted by molar-refractivity contribution is 6.30. The van der Waals surface area contributed by atoms with E-state index in [0.29, 0.717) is 17.6 Å². The molecule has 2 aromatic carbocycles. The van der Waals surface area contributed by atoms with Gasteiger partial charge in [-0.3, -0.25) is 9.59 Å². The van der Waals surface area contributed by atoms with Crippen LogP contribution in [0.15, 0.2) is 53.7 Å². The number of esters is 1. The number of hydrogen-bond acceptors (Lipinski definition) is 5. The van der Waals surface area contributed by atoms with Gasteiger partial charge in [0.15, 0.2) is 5.78 Å². The largest absolute Gasteiger partial charge is 0.468 e. The average Bonchev–Trinajstić information content (AvgIpc) is 2.86. The summed E-state index contributed by atoms with van der Waals surface area (Å²) in [7, 11) is 1.28. The lowest BCUT2D eigenvalue weighted by Gasteiger charge is -2.32. The second-order valence-corrected chi connectivity index (χ2v) is 7.77. The van der Waals surface area contributed by atoms with Crippen LogP contribution in [0.1, 0.15) is 24.9 Å². The number of carbonyl (C=O) groups excluding carboxylic acids is 2. The Bertz CT molecular complexity index is 1040. The number of para-hydroxylation sites is 2. The van der Waals surface area contributed by atoms with Crippen molar-refractivity contribution in [3.8, 4) is 0 Å². The molecule has 0 amide bonds. The number of fused-ring (bicyclic) bond motifs is 1. The van der Waals surface area contributed by atoms with E-state index in [1.165, 1.54) is 19.2 Å². The number of allylic oxidation sites excluding steroid dienone is 1. The number of rotatable bonds is 2. The van der Waals surface area contributed by atoms with Crippen molar-refractivity contribution in [2.75, 3.05) is 17.7 Å². The molecule has 0 fully saturated rings. The molecule has 150 valence electrons. The summed E-state index contributed by atoms with van der Waals surface area (Å²) in [6.07, 6.45) is 0.490. The van der Waals surface area contributed by atoms with Crippen LogP contribution in [0, 0.1) is 17.7 Å². The fraction of sp³-hybridized carbons (Fsp3) is 0.273. The normalized spacial score (nSPS) is 23.3. The first-order chi connectivity index (χ1) is 13.9. The van der Waals surface area contributed by atoms with Crippen LogP contribution < -0.4 is 10.6 Å². The van der Waals surface area contributed by atoms with Gasteiger partial charge in [-0.2, -0.15) is 0 Å². The summed E-state index contributed by atoms with van der Waals surface area (Å²) in [5, 5.41) is 6.70. The molecule has 1 heterocycles. The van der Waals surface area contributed by atoms with Gasteiger partial charge in [0.2, 0.25) is 0 Å². The highest BCUT2D eigenvalue weighted by Crippen LogP contribution is 2.44. The Labute approximate surface area is 172 Å². The molecular formula is C22H20ClFN2O3. The van der Waals surface area contributed by atoms with Gasteiger partial charge in [-0.1, -0.05) is 36.7 Å². The molecule has 29 heavy (non-hydrogen) atoms. The van der Waals surface area contributed by atoms with Crippen LogP contribution in [0.5, 0.6) is 0 Å². The monoisotopic (exact) mass is 414 g/mol. The van der Waals surface area contributed by atoms with Crippen molar-refractivity contribution in [3.05, 3.63) is 70.1 Å². The van der Waals surface area contributed by atoms with Gasteiger partial charge in [-0.25, -0.2) is 4.39 Å². The minimum Gasteiger partial charge on any atom is -0.468 e. The van der Waals surface area contributed by atoms with Crippen LogP contribution in [0.4, 0.5) is 15.8 Å². The number of anilines is 2. The lowest BCUT2D eigenvalue weighted by Crippen LogP contribution is -2.39. The minimum atomic E-state index is -0.900. The molecule has 5 nitrogen and oxygen atoms in total. The van der Waals surface area contributed by atoms with Crippen molar-refractivity contribution in [1.29, 1.82) is 0 Å². The molecule has 1 aliphatic carbocycles. The molecule has 0 radical (unpaired) electrons. The second kappa shape index (κ2) is 7.52. The van der Waals surface area contributed by atoms with E-state index in [0.717, 1.165) is 17.1 Å². The van der Waals surface area contributed by atoms with Crippen molar-refractivity contribution >= 4 is 34.7 Å². The van der Waals surface area contributed by atoms with Gasteiger partial charge in [0.1, 0.15) is 11.7 Å². The zero-order valence-corrected chi connectivity index (χ0v) is 16.7. The SMILES string of the molecule is COC(=O)[C@H]1C(=O)C2=C(C[C@@H]1C)Nc1ccccc1N[C@@H]2c1ccc(Cl)c(F)c1. The summed E-state index contributed by atoms with van der Waals surface area (Å²) in [5.41, 5.74) is 3.27. The van der Waals surface area contributed by atoms with E-state index in [1.54, 1.807) is 6.07 Å². The van der Waals surface area contributed by atoms with Crippen LogP contribution in [-0.2, 0) is 14.3 Å². The van der Waals surface area contributed by atoms with Crippen LogP contribution in [0.3, 0.4) is 0 Å². The lowest BCUT2D eigenvalue weighted by molar-refractivity contribution is -0.151. The van der Waals surface area contributed by atoms with Gasteiger partial charge in [0, 0.05) is 11.3 Å². The zero-order valence-electron chi connectivity index (χ0n) is 16.0. The van der Waals surface area contributed by atoms with Crippen molar-refractivity contribution in [2.45, 2.75) is 19.4 Å². The lowest BCUT2D eigenvalue weighted by atomic mass is 9.75. The number of ether oxygens (including phenoxy) is 1. The van der Waals surface area contributed by atoms with Crippen molar-refractivity contribution < 1.29 is 18.7 Å². The number of hydrogen-bond donors (Lipinski definition) is 2. The molecule has 2 N–H and O–H groups in total. The number of halogens is 2. The second-order valence-electron chi connectivity index (χ2n) is 7.36. The van der Waals surface area contributed by atoms with Gasteiger partial charge in [0.05, 0.1) is 29.5 Å². The maximum absolute atomic E-state index is 14.2. The van der Waals surface area contributed by atoms with Crippen molar-refractivity contribution in [1.82, 2.24) is 0 Å². The third-order valence-corrected chi connectivity index (χ3v) is 5.81. The Morgan fingerprint density at radius 3 is 2.62 bits per heavy atom. The highest BCUT2D eigenvalue weighted by atomic mass is 35.5. The predicted molar refractivity (Wildman–Crippen MR) is 109 cm³/mol. The fourth-order valence-corrected chi connectivity index (χ4v) is 4.19. The number of carbonyl (C=O) groups is 2. The van der Waals surface area contributed by atoms with Gasteiger partial charge >= 0.3 is 5.97 Å². The first-order valence-corrected chi connectivity index (χ1v) is 9.71. The van der Waals surface area contributed by atoms with Crippen LogP contribution in [0.2, 0.25) is 5.02 Å². The van der Waals surface area contributed by atoms with Gasteiger partial charge in [0.25, 0.3) is 0 Å². The number of Topliss-reactive ketones (excluding diaryl/α,β-unsaturated/α-hetero) is 1. The van der Waals surface area contributed by atoms with E-state index in [1.807, 2.05) is 31.2 Å². The van der Waals surface area contributed by atoms with E-state index in [2.05, 4.69) is 10.6 Å². The van der Waals surface area contributed by atoms with Crippen molar-refractivity contribution in [3.63, 3.8) is 0 Å². The van der Waals surface area contributed by atoms with E-state index in [4.69, 9.17) is 16.3 Å². The summed E-state index contributed by atoms with van der Waals surface area (Å²) in [5.74, 6) is -2.58. The third kappa shape index (κ3) is 3.38. The molecular weight excluding hydrogens is 395 g/mol. The summed E-state index contributed by atoms with van der Waals surface area (Å²) >= 11 is 5.85. The molecule has 4 rings (SSSR count). The highest BCUT2D eigenvalue weighted by Gasteiger charge is 2.44. The van der Waals surface area contributed by atoms with E-state index < -0.39 is 23.7 Å². The molecule has 3 atom stereocenters. The van der Waals surface area contributed by atoms with Crippen molar-refractivity contribution in [2.24, 2.45) is 11.8 Å². The summed E-state index contributed by atoms with van der Waals surface area (Å²) in [6, 6.07) is 11.4. The van der Waals surface area contributed by atoms with Gasteiger partial charge < -0.3 is 15.4 Å².